The van der Waals surface area contributed by atoms with Gasteiger partial charge in [0.1, 0.15) is 11.6 Å². The summed E-state index contributed by atoms with van der Waals surface area (Å²) in [5.74, 6) is 2.34. The van der Waals surface area contributed by atoms with E-state index < -0.39 is 0 Å². The summed E-state index contributed by atoms with van der Waals surface area (Å²) in [6.07, 6.45) is 3.12. The predicted octanol–water partition coefficient (Wildman–Crippen LogP) is 3.42. The molecule has 1 atom stereocenters. The molecule has 4 rings (SSSR count). The third kappa shape index (κ3) is 4.33. The minimum atomic E-state index is 0.110. The van der Waals surface area contributed by atoms with Crippen molar-refractivity contribution in [1.29, 1.82) is 0 Å². The van der Waals surface area contributed by atoms with E-state index in [0.29, 0.717) is 12.5 Å². The Morgan fingerprint density at radius 3 is 2.83 bits per heavy atom. The maximum Gasteiger partial charge on any atom is 0.219 e. The topological polar surface area (TPSA) is 61.4 Å². The SMILES string of the molecule is CC(=O)N1CCc2nc([C@@H]3CCCN(C)C3)nc(NCc3cccc(C)c3C)c2C1. The lowest BCUT2D eigenvalue weighted by molar-refractivity contribution is -0.129. The summed E-state index contributed by atoms with van der Waals surface area (Å²) < 4.78 is 0. The van der Waals surface area contributed by atoms with Crippen LogP contribution in [0.2, 0.25) is 0 Å². The highest BCUT2D eigenvalue weighted by Gasteiger charge is 2.27. The number of anilines is 1. The molecular formula is C24H33N5O. The van der Waals surface area contributed by atoms with Crippen LogP contribution in [0.15, 0.2) is 18.2 Å². The second-order valence-electron chi connectivity index (χ2n) is 8.86. The van der Waals surface area contributed by atoms with Gasteiger partial charge in [0.05, 0.1) is 12.2 Å². The van der Waals surface area contributed by atoms with Crippen molar-refractivity contribution in [3.8, 4) is 0 Å². The van der Waals surface area contributed by atoms with Crippen LogP contribution in [0.5, 0.6) is 0 Å². The summed E-state index contributed by atoms with van der Waals surface area (Å²) in [6, 6.07) is 6.42. The highest BCUT2D eigenvalue weighted by atomic mass is 16.2. The minimum absolute atomic E-state index is 0.110. The molecule has 0 radical (unpaired) electrons. The Morgan fingerprint density at radius 1 is 1.23 bits per heavy atom. The van der Waals surface area contributed by atoms with Crippen LogP contribution in [0, 0.1) is 13.8 Å². The van der Waals surface area contributed by atoms with E-state index >= 15 is 0 Å². The monoisotopic (exact) mass is 407 g/mol. The molecule has 0 spiro atoms. The quantitative estimate of drug-likeness (QED) is 0.842. The number of amides is 1. The van der Waals surface area contributed by atoms with E-state index in [4.69, 9.17) is 9.97 Å². The number of hydrogen-bond acceptors (Lipinski definition) is 5. The molecule has 0 unspecified atom stereocenters. The Labute approximate surface area is 179 Å². The van der Waals surface area contributed by atoms with Gasteiger partial charge in [0.15, 0.2) is 0 Å². The van der Waals surface area contributed by atoms with Gasteiger partial charge in [-0.15, -0.1) is 0 Å². The van der Waals surface area contributed by atoms with Crippen molar-refractivity contribution in [2.24, 2.45) is 0 Å². The number of carbonyl (C=O) groups is 1. The third-order valence-electron chi connectivity index (χ3n) is 6.68. The van der Waals surface area contributed by atoms with Crippen molar-refractivity contribution in [2.75, 3.05) is 32.0 Å². The zero-order chi connectivity index (χ0) is 21.3. The maximum atomic E-state index is 12.0. The van der Waals surface area contributed by atoms with Crippen molar-refractivity contribution in [2.45, 2.75) is 59.0 Å². The number of benzene rings is 1. The summed E-state index contributed by atoms with van der Waals surface area (Å²) in [4.78, 5) is 26.3. The molecule has 1 amide bonds. The molecule has 3 heterocycles. The van der Waals surface area contributed by atoms with E-state index in [-0.39, 0.29) is 5.91 Å². The average molecular weight is 408 g/mol. The van der Waals surface area contributed by atoms with Gasteiger partial charge in [0.2, 0.25) is 5.91 Å². The van der Waals surface area contributed by atoms with Crippen molar-refractivity contribution < 1.29 is 4.79 Å². The van der Waals surface area contributed by atoms with Crippen LogP contribution in [0.3, 0.4) is 0 Å². The average Bonchev–Trinajstić information content (AvgIpc) is 2.74. The molecule has 0 saturated carbocycles. The molecule has 2 aromatic rings. The Kier molecular flexibility index (Phi) is 6.04. The lowest BCUT2D eigenvalue weighted by atomic mass is 9.96. The van der Waals surface area contributed by atoms with E-state index in [1.54, 1.807) is 6.92 Å². The van der Waals surface area contributed by atoms with Gasteiger partial charge in [0.25, 0.3) is 0 Å². The zero-order valence-corrected chi connectivity index (χ0v) is 18.7. The second-order valence-corrected chi connectivity index (χ2v) is 8.86. The van der Waals surface area contributed by atoms with Gasteiger partial charge in [-0.05, 0) is 57.0 Å². The fourth-order valence-corrected chi connectivity index (χ4v) is 4.59. The smallest absolute Gasteiger partial charge is 0.219 e. The molecule has 6 nitrogen and oxygen atoms in total. The minimum Gasteiger partial charge on any atom is -0.366 e. The third-order valence-corrected chi connectivity index (χ3v) is 6.68. The molecule has 30 heavy (non-hydrogen) atoms. The molecule has 0 bridgehead atoms. The van der Waals surface area contributed by atoms with Gasteiger partial charge in [-0.3, -0.25) is 4.79 Å². The highest BCUT2D eigenvalue weighted by molar-refractivity contribution is 5.74. The number of rotatable bonds is 4. The van der Waals surface area contributed by atoms with Crippen molar-refractivity contribution in [1.82, 2.24) is 19.8 Å². The van der Waals surface area contributed by atoms with Gasteiger partial charge < -0.3 is 15.1 Å². The summed E-state index contributed by atoms with van der Waals surface area (Å²) in [7, 11) is 2.18. The van der Waals surface area contributed by atoms with Crippen LogP contribution < -0.4 is 5.32 Å². The molecule has 1 N–H and O–H groups in total. The van der Waals surface area contributed by atoms with Gasteiger partial charge >= 0.3 is 0 Å². The van der Waals surface area contributed by atoms with Crippen LogP contribution in [0.1, 0.15) is 59.5 Å². The number of hydrogen-bond donors (Lipinski definition) is 1. The Hall–Kier alpha value is -2.47. The standard InChI is InChI=1S/C24H33N5O/c1-16-7-5-8-19(17(16)2)13-25-24-21-15-29(18(3)30)12-10-22(21)26-23(27-24)20-9-6-11-28(4)14-20/h5,7-8,20H,6,9-15H2,1-4H3,(H,25,26,27)/t20-/m1/s1. The van der Waals surface area contributed by atoms with Gasteiger partial charge in [0, 0.05) is 44.5 Å². The van der Waals surface area contributed by atoms with E-state index in [9.17, 15) is 4.79 Å². The molecule has 1 saturated heterocycles. The molecule has 1 aromatic carbocycles. The number of nitrogens with zero attached hydrogens (tertiary/aromatic N) is 4. The zero-order valence-electron chi connectivity index (χ0n) is 18.7. The molecule has 1 fully saturated rings. The molecule has 0 aliphatic carbocycles. The van der Waals surface area contributed by atoms with Crippen molar-refractivity contribution in [3.63, 3.8) is 0 Å². The van der Waals surface area contributed by atoms with E-state index in [2.05, 4.69) is 49.3 Å². The van der Waals surface area contributed by atoms with Crippen molar-refractivity contribution in [3.05, 3.63) is 52.0 Å². The number of likely N-dealkylation sites (tertiary alicyclic amines) is 1. The number of likely N-dealkylation sites (N-methyl/N-ethyl adjacent to an activating group) is 1. The first-order chi connectivity index (χ1) is 14.4. The number of aromatic nitrogens is 2. The Bertz CT molecular complexity index is 941. The molecular weight excluding hydrogens is 374 g/mol. The summed E-state index contributed by atoms with van der Waals surface area (Å²) in [6.45, 7) is 10.2. The summed E-state index contributed by atoms with van der Waals surface area (Å²) >= 11 is 0. The normalized spacial score (nSPS) is 19.5. The fraction of sp³-hybridized carbons (Fsp3) is 0.542. The maximum absolute atomic E-state index is 12.0. The van der Waals surface area contributed by atoms with Crippen LogP contribution in [0.4, 0.5) is 5.82 Å². The first kappa shape index (κ1) is 20.8. The lowest BCUT2D eigenvalue weighted by Gasteiger charge is -2.32. The first-order valence-electron chi connectivity index (χ1n) is 11.0. The summed E-state index contributed by atoms with van der Waals surface area (Å²) in [5.41, 5.74) is 6.07. The first-order valence-corrected chi connectivity index (χ1v) is 11.0. The number of fused-ring (bicyclic) bond motifs is 1. The largest absolute Gasteiger partial charge is 0.366 e. The Morgan fingerprint density at radius 2 is 2.07 bits per heavy atom. The van der Waals surface area contributed by atoms with Crippen LogP contribution in [-0.2, 0) is 24.3 Å². The number of carbonyl (C=O) groups excluding carboxylic acids is 1. The van der Waals surface area contributed by atoms with Gasteiger partial charge in [-0.1, -0.05) is 18.2 Å². The highest BCUT2D eigenvalue weighted by Crippen LogP contribution is 2.30. The van der Waals surface area contributed by atoms with Crippen LogP contribution >= 0.6 is 0 Å². The van der Waals surface area contributed by atoms with Crippen molar-refractivity contribution >= 4 is 11.7 Å². The molecule has 2 aliphatic heterocycles. The van der Waals surface area contributed by atoms with E-state index in [1.807, 2.05) is 4.90 Å². The second kappa shape index (κ2) is 8.72. The molecule has 1 aromatic heterocycles. The molecule has 160 valence electrons. The van der Waals surface area contributed by atoms with Crippen LogP contribution in [0.25, 0.3) is 0 Å². The van der Waals surface area contributed by atoms with Gasteiger partial charge in [-0.2, -0.15) is 0 Å². The lowest BCUT2D eigenvalue weighted by Crippen LogP contribution is -2.36. The van der Waals surface area contributed by atoms with Crippen LogP contribution in [-0.4, -0.2) is 52.4 Å². The number of piperidine rings is 1. The number of aryl methyl sites for hydroxylation is 1. The van der Waals surface area contributed by atoms with E-state index in [1.165, 1.54) is 23.1 Å². The summed E-state index contributed by atoms with van der Waals surface area (Å²) in [5, 5.41) is 3.60. The predicted molar refractivity (Wildman–Crippen MR) is 120 cm³/mol. The number of nitrogens with one attached hydrogen (secondary N) is 1. The molecule has 2 aliphatic rings. The van der Waals surface area contributed by atoms with Gasteiger partial charge in [-0.25, -0.2) is 9.97 Å². The fourth-order valence-electron chi connectivity index (χ4n) is 4.59. The molecule has 6 heteroatoms. The Balaban J connectivity index is 1.66. The van der Waals surface area contributed by atoms with E-state index in [0.717, 1.165) is 61.9 Å².